The van der Waals surface area contributed by atoms with Crippen LogP contribution in [0.1, 0.15) is 32.3 Å². The molecule has 0 aliphatic rings. The fourth-order valence-corrected chi connectivity index (χ4v) is 2.49. The molecule has 1 rings (SSSR count). The van der Waals surface area contributed by atoms with Crippen LogP contribution in [-0.2, 0) is 6.54 Å². The number of hydrogen-bond acceptors (Lipinski definition) is 4. The standard InChI is InChI=1S/C15H24BrN3O2/c1-12(2)18(3)10-5-4-9-17-11-13-7-6-8-14(15(13)16)19(20)21/h6-8,12,17H,4-5,9-11H2,1-3H3. The first-order valence-corrected chi connectivity index (χ1v) is 8.05. The van der Waals surface area contributed by atoms with Gasteiger partial charge in [0.05, 0.1) is 9.40 Å². The average Bonchev–Trinajstić information content (AvgIpc) is 2.43. The van der Waals surface area contributed by atoms with E-state index >= 15 is 0 Å². The molecule has 6 heteroatoms. The molecule has 0 spiro atoms. The van der Waals surface area contributed by atoms with E-state index in [1.165, 1.54) is 6.07 Å². The van der Waals surface area contributed by atoms with Gasteiger partial charge in [-0.25, -0.2) is 0 Å². The van der Waals surface area contributed by atoms with Gasteiger partial charge in [-0.1, -0.05) is 12.1 Å². The van der Waals surface area contributed by atoms with Crippen molar-refractivity contribution < 1.29 is 4.92 Å². The van der Waals surface area contributed by atoms with E-state index in [4.69, 9.17) is 0 Å². The highest BCUT2D eigenvalue weighted by molar-refractivity contribution is 9.10. The number of hydrogen-bond donors (Lipinski definition) is 1. The fourth-order valence-electron chi connectivity index (χ4n) is 1.94. The summed E-state index contributed by atoms with van der Waals surface area (Å²) in [5.74, 6) is 0. The fraction of sp³-hybridized carbons (Fsp3) is 0.600. The highest BCUT2D eigenvalue weighted by Gasteiger charge is 2.14. The van der Waals surface area contributed by atoms with E-state index in [0.29, 0.717) is 17.1 Å². The Morgan fingerprint density at radius 3 is 2.71 bits per heavy atom. The van der Waals surface area contributed by atoms with Crippen molar-refractivity contribution in [2.45, 2.75) is 39.3 Å². The van der Waals surface area contributed by atoms with Crippen molar-refractivity contribution in [3.05, 3.63) is 38.3 Å². The van der Waals surface area contributed by atoms with Crippen LogP contribution in [0.2, 0.25) is 0 Å². The zero-order chi connectivity index (χ0) is 15.8. The monoisotopic (exact) mass is 357 g/mol. The molecule has 0 unspecified atom stereocenters. The molecule has 21 heavy (non-hydrogen) atoms. The molecule has 118 valence electrons. The lowest BCUT2D eigenvalue weighted by Crippen LogP contribution is -2.27. The Morgan fingerprint density at radius 1 is 1.38 bits per heavy atom. The number of benzene rings is 1. The van der Waals surface area contributed by atoms with Gasteiger partial charge in [0.25, 0.3) is 5.69 Å². The Hall–Kier alpha value is -0.980. The molecule has 1 aromatic rings. The quantitative estimate of drug-likeness (QED) is 0.417. The summed E-state index contributed by atoms with van der Waals surface area (Å²) in [7, 11) is 2.14. The smallest absolute Gasteiger partial charge is 0.283 e. The second kappa shape index (κ2) is 9.12. The van der Waals surface area contributed by atoms with E-state index in [-0.39, 0.29) is 10.6 Å². The van der Waals surface area contributed by atoms with Crippen molar-refractivity contribution >= 4 is 21.6 Å². The minimum Gasteiger partial charge on any atom is -0.313 e. The largest absolute Gasteiger partial charge is 0.313 e. The molecule has 0 aliphatic heterocycles. The van der Waals surface area contributed by atoms with E-state index < -0.39 is 0 Å². The maximum atomic E-state index is 10.9. The highest BCUT2D eigenvalue weighted by Crippen LogP contribution is 2.28. The SMILES string of the molecule is CC(C)N(C)CCCCNCc1cccc([N+](=O)[O-])c1Br. The second-order valence-corrected chi connectivity index (χ2v) is 6.26. The van der Waals surface area contributed by atoms with Gasteiger partial charge in [0.2, 0.25) is 0 Å². The van der Waals surface area contributed by atoms with Crippen molar-refractivity contribution in [2.75, 3.05) is 20.1 Å². The van der Waals surface area contributed by atoms with Crippen LogP contribution in [0.25, 0.3) is 0 Å². The molecule has 0 aliphatic carbocycles. The molecule has 0 saturated heterocycles. The van der Waals surface area contributed by atoms with Crippen LogP contribution in [0.15, 0.2) is 22.7 Å². The first-order valence-electron chi connectivity index (χ1n) is 7.26. The minimum absolute atomic E-state index is 0.118. The van der Waals surface area contributed by atoms with Gasteiger partial charge in [-0.3, -0.25) is 10.1 Å². The van der Waals surface area contributed by atoms with Crippen LogP contribution in [0.3, 0.4) is 0 Å². The summed E-state index contributed by atoms with van der Waals surface area (Å²) < 4.78 is 0.571. The van der Waals surface area contributed by atoms with Crippen molar-refractivity contribution in [3.63, 3.8) is 0 Å². The molecule has 1 N–H and O–H groups in total. The summed E-state index contributed by atoms with van der Waals surface area (Å²) >= 11 is 3.31. The van der Waals surface area contributed by atoms with Crippen LogP contribution in [0.4, 0.5) is 5.69 Å². The van der Waals surface area contributed by atoms with Gasteiger partial charge >= 0.3 is 0 Å². The molecule has 0 fully saturated rings. The van der Waals surface area contributed by atoms with Crippen LogP contribution >= 0.6 is 15.9 Å². The maximum absolute atomic E-state index is 10.9. The summed E-state index contributed by atoms with van der Waals surface area (Å²) in [6, 6.07) is 5.71. The molecule has 5 nitrogen and oxygen atoms in total. The molecular weight excluding hydrogens is 334 g/mol. The maximum Gasteiger partial charge on any atom is 0.283 e. The Labute approximate surface area is 135 Å². The van der Waals surface area contributed by atoms with E-state index in [1.807, 2.05) is 6.07 Å². The van der Waals surface area contributed by atoms with Crippen LogP contribution in [0.5, 0.6) is 0 Å². The summed E-state index contributed by atoms with van der Waals surface area (Å²) in [5.41, 5.74) is 1.04. The van der Waals surface area contributed by atoms with Gasteiger partial charge < -0.3 is 10.2 Å². The van der Waals surface area contributed by atoms with E-state index in [0.717, 1.165) is 31.5 Å². The zero-order valence-electron chi connectivity index (χ0n) is 12.9. The topological polar surface area (TPSA) is 58.4 Å². The molecule has 0 atom stereocenters. The predicted molar refractivity (Wildman–Crippen MR) is 89.5 cm³/mol. The third-order valence-corrected chi connectivity index (χ3v) is 4.48. The molecule has 0 aromatic heterocycles. The van der Waals surface area contributed by atoms with Gasteiger partial charge in [0.15, 0.2) is 0 Å². The van der Waals surface area contributed by atoms with Gasteiger partial charge in [-0.05, 0) is 68.3 Å². The Bertz CT molecular complexity index is 466. The van der Waals surface area contributed by atoms with E-state index in [2.05, 4.69) is 47.0 Å². The molecule has 0 radical (unpaired) electrons. The average molecular weight is 358 g/mol. The van der Waals surface area contributed by atoms with Crippen LogP contribution in [0, 0.1) is 10.1 Å². The van der Waals surface area contributed by atoms with Crippen molar-refractivity contribution in [3.8, 4) is 0 Å². The molecule has 1 aromatic carbocycles. The lowest BCUT2D eigenvalue weighted by atomic mass is 10.2. The van der Waals surface area contributed by atoms with Gasteiger partial charge in [-0.15, -0.1) is 0 Å². The van der Waals surface area contributed by atoms with Gasteiger partial charge in [0, 0.05) is 18.7 Å². The van der Waals surface area contributed by atoms with Crippen LogP contribution in [-0.4, -0.2) is 36.0 Å². The zero-order valence-corrected chi connectivity index (χ0v) is 14.5. The van der Waals surface area contributed by atoms with Crippen molar-refractivity contribution in [2.24, 2.45) is 0 Å². The Kier molecular flexibility index (Phi) is 7.85. The van der Waals surface area contributed by atoms with E-state index in [9.17, 15) is 10.1 Å². The summed E-state index contributed by atoms with van der Waals surface area (Å²) in [4.78, 5) is 12.8. The summed E-state index contributed by atoms with van der Waals surface area (Å²) in [6.45, 7) is 7.04. The highest BCUT2D eigenvalue weighted by atomic mass is 79.9. The predicted octanol–water partition coefficient (Wildman–Crippen LogP) is 3.57. The van der Waals surface area contributed by atoms with Crippen molar-refractivity contribution in [1.29, 1.82) is 0 Å². The normalized spacial score (nSPS) is 11.3. The number of rotatable bonds is 9. The number of nitrogens with zero attached hydrogens (tertiary/aromatic N) is 2. The molecule has 0 saturated carbocycles. The Morgan fingerprint density at radius 2 is 2.10 bits per heavy atom. The summed E-state index contributed by atoms with van der Waals surface area (Å²) in [5, 5.41) is 14.2. The number of unbranched alkanes of at least 4 members (excludes halogenated alkanes) is 1. The Balaban J connectivity index is 2.31. The third kappa shape index (κ3) is 6.11. The number of nitrogens with one attached hydrogen (secondary N) is 1. The number of halogens is 1. The molecular formula is C15H24BrN3O2. The minimum atomic E-state index is -0.366. The van der Waals surface area contributed by atoms with Crippen LogP contribution < -0.4 is 5.32 Å². The lowest BCUT2D eigenvalue weighted by Gasteiger charge is -2.20. The number of nitro groups is 1. The van der Waals surface area contributed by atoms with E-state index in [1.54, 1.807) is 6.07 Å². The molecule has 0 bridgehead atoms. The second-order valence-electron chi connectivity index (χ2n) is 5.47. The first kappa shape index (κ1) is 18.1. The van der Waals surface area contributed by atoms with Crippen molar-refractivity contribution in [1.82, 2.24) is 10.2 Å². The summed E-state index contributed by atoms with van der Waals surface area (Å²) in [6.07, 6.45) is 2.25. The van der Waals surface area contributed by atoms with Gasteiger partial charge in [-0.2, -0.15) is 0 Å². The number of nitro benzene ring substituents is 1. The first-order chi connectivity index (χ1) is 9.93. The lowest BCUT2D eigenvalue weighted by molar-refractivity contribution is -0.385. The molecule has 0 heterocycles. The van der Waals surface area contributed by atoms with Gasteiger partial charge in [0.1, 0.15) is 0 Å². The third-order valence-electron chi connectivity index (χ3n) is 3.57. The molecule has 0 amide bonds.